The molecular formula is C22H23F3N2O3. The Labute approximate surface area is 172 Å². The SMILES string of the molecule is CC(Oc1cc(-c2cccc(C(=O)N3CCCCC3)c2)cc(C(F)(F)F)c1)C(N)=O. The van der Waals surface area contributed by atoms with Gasteiger partial charge in [0.15, 0.2) is 6.10 Å². The first-order chi connectivity index (χ1) is 14.1. The van der Waals surface area contributed by atoms with Gasteiger partial charge in [-0.15, -0.1) is 0 Å². The first-order valence-corrected chi connectivity index (χ1v) is 9.73. The van der Waals surface area contributed by atoms with Gasteiger partial charge in [0, 0.05) is 18.7 Å². The van der Waals surface area contributed by atoms with E-state index in [1.165, 1.54) is 13.0 Å². The number of primary amides is 1. The molecule has 8 heteroatoms. The van der Waals surface area contributed by atoms with Gasteiger partial charge in [0.05, 0.1) is 5.56 Å². The molecule has 1 fully saturated rings. The van der Waals surface area contributed by atoms with E-state index in [1.54, 1.807) is 29.2 Å². The van der Waals surface area contributed by atoms with E-state index in [9.17, 15) is 22.8 Å². The maximum Gasteiger partial charge on any atom is 0.416 e. The molecule has 2 aromatic rings. The van der Waals surface area contributed by atoms with Crippen molar-refractivity contribution in [1.29, 1.82) is 0 Å². The fourth-order valence-corrected chi connectivity index (χ4v) is 3.37. The van der Waals surface area contributed by atoms with Crippen LogP contribution < -0.4 is 10.5 Å². The van der Waals surface area contributed by atoms with Crippen LogP contribution in [0.15, 0.2) is 42.5 Å². The fourth-order valence-electron chi connectivity index (χ4n) is 3.37. The third kappa shape index (κ3) is 5.11. The highest BCUT2D eigenvalue weighted by molar-refractivity contribution is 5.95. The molecule has 1 heterocycles. The van der Waals surface area contributed by atoms with E-state index in [4.69, 9.17) is 10.5 Å². The van der Waals surface area contributed by atoms with Crippen molar-refractivity contribution < 1.29 is 27.5 Å². The molecule has 0 aromatic heterocycles. The Morgan fingerprint density at radius 2 is 1.73 bits per heavy atom. The number of rotatable bonds is 5. The average Bonchev–Trinajstić information content (AvgIpc) is 2.73. The van der Waals surface area contributed by atoms with Crippen molar-refractivity contribution in [2.24, 2.45) is 5.73 Å². The molecule has 1 atom stereocenters. The largest absolute Gasteiger partial charge is 0.481 e. The monoisotopic (exact) mass is 420 g/mol. The number of carbonyl (C=O) groups excluding carboxylic acids is 2. The molecule has 0 radical (unpaired) electrons. The second-order valence-corrected chi connectivity index (χ2v) is 7.34. The Morgan fingerprint density at radius 3 is 2.37 bits per heavy atom. The molecule has 1 saturated heterocycles. The number of halogens is 3. The first-order valence-electron chi connectivity index (χ1n) is 9.73. The molecule has 5 nitrogen and oxygen atoms in total. The van der Waals surface area contributed by atoms with Gasteiger partial charge in [-0.3, -0.25) is 9.59 Å². The molecule has 160 valence electrons. The number of benzene rings is 2. The Kier molecular flexibility index (Phi) is 6.34. The second-order valence-electron chi connectivity index (χ2n) is 7.34. The van der Waals surface area contributed by atoms with Crippen molar-refractivity contribution in [3.63, 3.8) is 0 Å². The first kappa shape index (κ1) is 21.7. The lowest BCUT2D eigenvalue weighted by atomic mass is 9.99. The van der Waals surface area contributed by atoms with E-state index in [1.807, 2.05) is 0 Å². The predicted molar refractivity (Wildman–Crippen MR) is 106 cm³/mol. The summed E-state index contributed by atoms with van der Waals surface area (Å²) >= 11 is 0. The number of nitrogens with zero attached hydrogens (tertiary/aromatic N) is 1. The lowest BCUT2D eigenvalue weighted by Crippen LogP contribution is -2.35. The van der Waals surface area contributed by atoms with Crippen LogP contribution in [0.25, 0.3) is 11.1 Å². The lowest BCUT2D eigenvalue weighted by molar-refractivity contribution is -0.137. The van der Waals surface area contributed by atoms with Crippen molar-refractivity contribution in [1.82, 2.24) is 4.90 Å². The molecule has 0 bridgehead atoms. The summed E-state index contributed by atoms with van der Waals surface area (Å²) in [4.78, 5) is 25.8. The summed E-state index contributed by atoms with van der Waals surface area (Å²) in [7, 11) is 0. The van der Waals surface area contributed by atoms with Gasteiger partial charge in [0.2, 0.25) is 0 Å². The fraction of sp³-hybridized carbons (Fsp3) is 0.364. The number of nitrogens with two attached hydrogens (primary N) is 1. The van der Waals surface area contributed by atoms with Crippen molar-refractivity contribution in [3.8, 4) is 16.9 Å². The summed E-state index contributed by atoms with van der Waals surface area (Å²) in [5.41, 5.74) is 5.32. The molecule has 0 aliphatic carbocycles. The van der Waals surface area contributed by atoms with E-state index in [-0.39, 0.29) is 17.2 Å². The maximum atomic E-state index is 13.4. The number of carbonyl (C=O) groups is 2. The third-order valence-corrected chi connectivity index (χ3v) is 5.03. The Balaban J connectivity index is 1.97. The maximum absolute atomic E-state index is 13.4. The minimum atomic E-state index is -4.61. The van der Waals surface area contributed by atoms with Crippen molar-refractivity contribution >= 4 is 11.8 Å². The average molecular weight is 420 g/mol. The number of amides is 2. The number of hydrogen-bond acceptors (Lipinski definition) is 3. The van der Waals surface area contributed by atoms with Crippen LogP contribution >= 0.6 is 0 Å². The second kappa shape index (κ2) is 8.77. The van der Waals surface area contributed by atoms with Gasteiger partial charge in [0.25, 0.3) is 11.8 Å². The number of likely N-dealkylation sites (tertiary alicyclic amines) is 1. The lowest BCUT2D eigenvalue weighted by Gasteiger charge is -2.26. The zero-order chi connectivity index (χ0) is 21.9. The quantitative estimate of drug-likeness (QED) is 0.786. The number of alkyl halides is 3. The highest BCUT2D eigenvalue weighted by Gasteiger charge is 2.32. The van der Waals surface area contributed by atoms with Gasteiger partial charge in [-0.05, 0) is 67.6 Å². The van der Waals surface area contributed by atoms with Gasteiger partial charge in [-0.2, -0.15) is 13.2 Å². The molecule has 30 heavy (non-hydrogen) atoms. The van der Waals surface area contributed by atoms with Gasteiger partial charge >= 0.3 is 6.18 Å². The zero-order valence-electron chi connectivity index (χ0n) is 16.5. The molecule has 2 N–H and O–H groups in total. The highest BCUT2D eigenvalue weighted by Crippen LogP contribution is 2.36. The number of ether oxygens (including phenoxy) is 1. The minimum absolute atomic E-state index is 0.126. The molecule has 1 aliphatic heterocycles. The van der Waals surface area contributed by atoms with E-state index in [0.717, 1.165) is 31.4 Å². The summed E-state index contributed by atoms with van der Waals surface area (Å²) in [6, 6.07) is 9.72. The van der Waals surface area contributed by atoms with Crippen LogP contribution in [0.3, 0.4) is 0 Å². The predicted octanol–water partition coefficient (Wildman–Crippen LogP) is 4.25. The summed E-state index contributed by atoms with van der Waals surface area (Å²) in [6.07, 6.45) is -2.73. The van der Waals surface area contributed by atoms with Crippen molar-refractivity contribution in [3.05, 3.63) is 53.6 Å². The van der Waals surface area contributed by atoms with Crippen molar-refractivity contribution in [2.45, 2.75) is 38.5 Å². The minimum Gasteiger partial charge on any atom is -0.481 e. The smallest absolute Gasteiger partial charge is 0.416 e. The Hall–Kier alpha value is -3.03. The molecule has 3 rings (SSSR count). The van der Waals surface area contributed by atoms with Crippen LogP contribution in [0.5, 0.6) is 5.75 Å². The van der Waals surface area contributed by atoms with Crippen LogP contribution in [-0.2, 0) is 11.0 Å². The number of piperidine rings is 1. The Morgan fingerprint density at radius 1 is 1.03 bits per heavy atom. The molecule has 2 aromatic carbocycles. The van der Waals surface area contributed by atoms with Gasteiger partial charge in [-0.25, -0.2) is 0 Å². The summed E-state index contributed by atoms with van der Waals surface area (Å²) < 4.78 is 45.5. The van der Waals surface area contributed by atoms with E-state index >= 15 is 0 Å². The molecule has 1 unspecified atom stereocenters. The van der Waals surface area contributed by atoms with Crippen LogP contribution in [0.4, 0.5) is 13.2 Å². The van der Waals surface area contributed by atoms with Crippen LogP contribution in [0.1, 0.15) is 42.1 Å². The van der Waals surface area contributed by atoms with Gasteiger partial charge in [-0.1, -0.05) is 12.1 Å². The Bertz CT molecular complexity index is 937. The molecule has 1 aliphatic rings. The normalized spacial score (nSPS) is 15.5. The van der Waals surface area contributed by atoms with Gasteiger partial charge < -0.3 is 15.4 Å². The van der Waals surface area contributed by atoms with Crippen LogP contribution in [0.2, 0.25) is 0 Å². The molecule has 0 saturated carbocycles. The van der Waals surface area contributed by atoms with Gasteiger partial charge in [0.1, 0.15) is 5.75 Å². The standard InChI is InChI=1S/C22H23F3N2O3/c1-14(20(26)28)30-19-12-17(11-18(13-19)22(23,24)25)15-6-5-7-16(10-15)21(29)27-8-3-2-4-9-27/h5-7,10-14H,2-4,8-9H2,1H3,(H2,26,28). The van der Waals surface area contributed by atoms with Crippen LogP contribution in [0, 0.1) is 0 Å². The summed E-state index contributed by atoms with van der Waals surface area (Å²) in [5.74, 6) is -1.05. The molecule has 0 spiro atoms. The van der Waals surface area contributed by atoms with Crippen LogP contribution in [-0.4, -0.2) is 35.9 Å². The van der Waals surface area contributed by atoms with E-state index < -0.39 is 23.8 Å². The molecule has 2 amide bonds. The van der Waals surface area contributed by atoms with E-state index in [2.05, 4.69) is 0 Å². The zero-order valence-corrected chi connectivity index (χ0v) is 16.5. The van der Waals surface area contributed by atoms with Crippen molar-refractivity contribution in [2.75, 3.05) is 13.1 Å². The highest BCUT2D eigenvalue weighted by atomic mass is 19.4. The van der Waals surface area contributed by atoms with E-state index in [0.29, 0.717) is 24.2 Å². The number of hydrogen-bond donors (Lipinski definition) is 1. The summed E-state index contributed by atoms with van der Waals surface area (Å²) in [5, 5.41) is 0. The molecular weight excluding hydrogens is 397 g/mol. The third-order valence-electron chi connectivity index (χ3n) is 5.03. The topological polar surface area (TPSA) is 72.6 Å². The summed E-state index contributed by atoms with van der Waals surface area (Å²) in [6.45, 7) is 2.71.